The predicted molar refractivity (Wildman–Crippen MR) is 102 cm³/mol. The monoisotopic (exact) mass is 369 g/mol. The van der Waals surface area contributed by atoms with E-state index in [4.69, 9.17) is 4.74 Å². The highest BCUT2D eigenvalue weighted by atomic mass is 19.1. The van der Waals surface area contributed by atoms with Crippen LogP contribution in [0.5, 0.6) is 5.88 Å². The van der Waals surface area contributed by atoms with Crippen molar-refractivity contribution in [3.63, 3.8) is 0 Å². The summed E-state index contributed by atoms with van der Waals surface area (Å²) in [7, 11) is 1.58. The first-order valence-corrected chi connectivity index (χ1v) is 9.36. The van der Waals surface area contributed by atoms with Gasteiger partial charge in [0.05, 0.1) is 18.8 Å². The number of amides is 1. The fourth-order valence-electron chi connectivity index (χ4n) is 4.37. The first-order valence-electron chi connectivity index (χ1n) is 9.36. The number of fused-ring (bicyclic) bond motifs is 1. The molecule has 1 N–H and O–H groups in total. The zero-order valence-electron chi connectivity index (χ0n) is 15.8. The van der Waals surface area contributed by atoms with Crippen LogP contribution < -0.4 is 15.0 Å². The molecule has 2 aliphatic rings. The summed E-state index contributed by atoms with van der Waals surface area (Å²) in [5.41, 5.74) is 2.35. The molecule has 3 atom stereocenters. The average molecular weight is 369 g/mol. The Balaban J connectivity index is 1.81. The third-order valence-corrected chi connectivity index (χ3v) is 5.67. The second-order valence-corrected chi connectivity index (χ2v) is 7.46. The summed E-state index contributed by atoms with van der Waals surface area (Å²) in [6.07, 6.45) is 3.92. The number of halogens is 1. The van der Waals surface area contributed by atoms with E-state index in [0.29, 0.717) is 11.8 Å². The summed E-state index contributed by atoms with van der Waals surface area (Å²) in [6.45, 7) is 3.72. The number of nitrogens with one attached hydrogen (secondary N) is 1. The summed E-state index contributed by atoms with van der Waals surface area (Å²) in [5, 5.41) is 3.51. The molecule has 1 saturated carbocycles. The van der Waals surface area contributed by atoms with Crippen molar-refractivity contribution in [2.75, 3.05) is 17.3 Å². The highest BCUT2D eigenvalue weighted by Gasteiger charge is 2.47. The van der Waals surface area contributed by atoms with Crippen LogP contribution in [0.4, 0.5) is 15.8 Å². The molecule has 1 aliphatic heterocycles. The van der Waals surface area contributed by atoms with Gasteiger partial charge in [-0.05, 0) is 49.1 Å². The molecule has 5 nitrogen and oxygen atoms in total. The molecule has 27 heavy (non-hydrogen) atoms. The summed E-state index contributed by atoms with van der Waals surface area (Å²) in [5.74, 6) is 0.797. The Morgan fingerprint density at radius 3 is 2.78 bits per heavy atom. The lowest BCUT2D eigenvalue weighted by Crippen LogP contribution is -2.51. The normalized spacial score (nSPS) is 24.3. The first kappa shape index (κ1) is 17.8. The molecule has 142 valence electrons. The molecule has 0 radical (unpaired) electrons. The number of ether oxygens (including phenoxy) is 1. The minimum Gasteiger partial charge on any atom is -0.480 e. The maximum atomic E-state index is 14.1. The maximum Gasteiger partial charge on any atom is 0.237 e. The van der Waals surface area contributed by atoms with Crippen LogP contribution in [0, 0.1) is 17.7 Å². The van der Waals surface area contributed by atoms with Crippen LogP contribution in [0.25, 0.3) is 0 Å². The highest BCUT2D eigenvalue weighted by Crippen LogP contribution is 2.50. The van der Waals surface area contributed by atoms with Gasteiger partial charge in [0.15, 0.2) is 0 Å². The van der Waals surface area contributed by atoms with Crippen LogP contribution in [0.1, 0.15) is 38.3 Å². The van der Waals surface area contributed by atoms with Gasteiger partial charge in [0.1, 0.15) is 5.82 Å². The molecular formula is C21H24FN3O2. The molecule has 1 aromatic carbocycles. The number of methoxy groups -OCH3 is 1. The van der Waals surface area contributed by atoms with Crippen molar-refractivity contribution in [2.24, 2.45) is 11.8 Å². The van der Waals surface area contributed by atoms with Crippen LogP contribution in [0.2, 0.25) is 0 Å². The molecule has 2 aromatic rings. The number of pyridine rings is 1. The smallest absolute Gasteiger partial charge is 0.237 e. The number of anilines is 2. The largest absolute Gasteiger partial charge is 0.480 e. The molecule has 0 spiro atoms. The molecular weight excluding hydrogens is 345 g/mol. The number of hydrogen-bond donors (Lipinski definition) is 1. The first-order chi connectivity index (χ1) is 13.0. The van der Waals surface area contributed by atoms with E-state index in [1.54, 1.807) is 26.3 Å². The van der Waals surface area contributed by atoms with Crippen LogP contribution in [0.3, 0.4) is 0 Å². The van der Waals surface area contributed by atoms with E-state index in [1.807, 2.05) is 17.0 Å². The maximum absolute atomic E-state index is 14.1. The quantitative estimate of drug-likeness (QED) is 0.879. The van der Waals surface area contributed by atoms with Gasteiger partial charge in [-0.2, -0.15) is 0 Å². The topological polar surface area (TPSA) is 54.5 Å². The summed E-state index contributed by atoms with van der Waals surface area (Å²) < 4.78 is 19.5. The Bertz CT molecular complexity index is 868. The molecule has 4 rings (SSSR count). The number of nitrogens with zero attached hydrogens (tertiary/aromatic N) is 2. The fraction of sp³-hybridized carbons (Fsp3) is 0.429. The van der Waals surface area contributed by atoms with E-state index in [2.05, 4.69) is 17.2 Å². The minimum atomic E-state index is -0.306. The van der Waals surface area contributed by atoms with Gasteiger partial charge in [-0.25, -0.2) is 9.37 Å². The van der Waals surface area contributed by atoms with Crippen LogP contribution >= 0.6 is 0 Å². The van der Waals surface area contributed by atoms with Crippen LogP contribution in [-0.2, 0) is 4.79 Å². The van der Waals surface area contributed by atoms with Gasteiger partial charge in [0.25, 0.3) is 0 Å². The Labute approximate surface area is 158 Å². The van der Waals surface area contributed by atoms with Gasteiger partial charge < -0.3 is 15.0 Å². The van der Waals surface area contributed by atoms with Crippen molar-refractivity contribution in [1.29, 1.82) is 0 Å². The lowest BCUT2D eigenvalue weighted by Gasteiger charge is -2.46. The van der Waals surface area contributed by atoms with Gasteiger partial charge >= 0.3 is 0 Å². The highest BCUT2D eigenvalue weighted by molar-refractivity contribution is 5.94. The van der Waals surface area contributed by atoms with E-state index < -0.39 is 0 Å². The average Bonchev–Trinajstić information content (AvgIpc) is 3.48. The number of benzene rings is 1. The number of rotatable bonds is 4. The minimum absolute atomic E-state index is 0.00372. The number of aromatic nitrogens is 1. The van der Waals surface area contributed by atoms with Crippen LogP contribution in [-0.4, -0.2) is 24.0 Å². The molecule has 2 heterocycles. The van der Waals surface area contributed by atoms with Gasteiger partial charge in [-0.15, -0.1) is 0 Å². The van der Waals surface area contributed by atoms with E-state index in [1.165, 1.54) is 12.1 Å². The molecule has 1 aliphatic carbocycles. The predicted octanol–water partition coefficient (Wildman–Crippen LogP) is 4.16. The van der Waals surface area contributed by atoms with Crippen molar-refractivity contribution >= 4 is 17.3 Å². The van der Waals surface area contributed by atoms with Crippen molar-refractivity contribution in [1.82, 2.24) is 4.98 Å². The zero-order chi connectivity index (χ0) is 19.1. The third-order valence-electron chi connectivity index (χ3n) is 5.67. The lowest BCUT2D eigenvalue weighted by atomic mass is 9.80. The molecule has 0 saturated heterocycles. The van der Waals surface area contributed by atoms with E-state index in [9.17, 15) is 9.18 Å². The van der Waals surface area contributed by atoms with Crippen molar-refractivity contribution < 1.29 is 13.9 Å². The van der Waals surface area contributed by atoms with E-state index in [0.717, 1.165) is 29.8 Å². The van der Waals surface area contributed by atoms with Crippen molar-refractivity contribution in [3.8, 4) is 5.88 Å². The second kappa shape index (κ2) is 6.83. The fourth-order valence-corrected chi connectivity index (χ4v) is 4.37. The molecule has 1 fully saturated rings. The van der Waals surface area contributed by atoms with Gasteiger partial charge in [0.2, 0.25) is 11.8 Å². The molecule has 1 amide bonds. The third kappa shape index (κ3) is 3.13. The van der Waals surface area contributed by atoms with E-state index in [-0.39, 0.29) is 29.7 Å². The van der Waals surface area contributed by atoms with Gasteiger partial charge in [0, 0.05) is 36.3 Å². The lowest BCUT2D eigenvalue weighted by molar-refractivity contribution is -0.117. The Kier molecular flexibility index (Phi) is 4.50. The molecule has 6 heteroatoms. The SMILES string of the molecule is COc1ncccc1N[C@H]1c2cc(F)ccc2N(C(C)=O)[C@@H](C2CC2)[C@@H]1C. The number of carbonyl (C=O) groups excluding carboxylic acids is 1. The summed E-state index contributed by atoms with van der Waals surface area (Å²) in [6, 6.07) is 8.38. The molecule has 0 unspecified atom stereocenters. The summed E-state index contributed by atoms with van der Waals surface area (Å²) in [4.78, 5) is 18.6. The number of carbonyl (C=O) groups is 1. The van der Waals surface area contributed by atoms with Crippen LogP contribution in [0.15, 0.2) is 36.5 Å². The summed E-state index contributed by atoms with van der Waals surface area (Å²) >= 11 is 0. The zero-order valence-corrected chi connectivity index (χ0v) is 15.8. The van der Waals surface area contributed by atoms with Crippen molar-refractivity contribution in [3.05, 3.63) is 47.9 Å². The van der Waals surface area contributed by atoms with Crippen molar-refractivity contribution in [2.45, 2.75) is 38.8 Å². The Morgan fingerprint density at radius 1 is 1.33 bits per heavy atom. The molecule has 0 bridgehead atoms. The second-order valence-electron chi connectivity index (χ2n) is 7.46. The van der Waals surface area contributed by atoms with Gasteiger partial charge in [-0.3, -0.25) is 4.79 Å². The Hall–Kier alpha value is -2.63. The molecule has 1 aromatic heterocycles. The standard InChI is InChI=1S/C21H24FN3O2/c1-12-19(24-17-5-4-10-23-21(17)27-3)16-11-15(22)8-9-18(16)25(13(2)26)20(12)14-6-7-14/h4-5,8-12,14,19-20,24H,6-7H2,1-3H3/t12-,19-,20-/m1/s1. The number of hydrogen-bond acceptors (Lipinski definition) is 4. The Morgan fingerprint density at radius 2 is 2.11 bits per heavy atom. The van der Waals surface area contributed by atoms with Gasteiger partial charge in [-0.1, -0.05) is 6.92 Å². The van der Waals surface area contributed by atoms with E-state index >= 15 is 0 Å².